The predicted molar refractivity (Wildman–Crippen MR) is 123 cm³/mol. The molecule has 4 aromatic rings. The Bertz CT molecular complexity index is 1300. The molecule has 2 heterocycles. The number of aliphatic hydroxyl groups is 1. The van der Waals surface area contributed by atoms with Gasteiger partial charge in [0.15, 0.2) is 11.5 Å². The Morgan fingerprint density at radius 1 is 1.16 bits per heavy atom. The van der Waals surface area contributed by atoms with E-state index < -0.39 is 5.91 Å². The smallest absolute Gasteiger partial charge is 0.273 e. The molecular weight excluding hydrogens is 428 g/mol. The summed E-state index contributed by atoms with van der Waals surface area (Å²) in [4.78, 5) is 22.1. The molecule has 9 heteroatoms. The van der Waals surface area contributed by atoms with Gasteiger partial charge in [-0.1, -0.05) is 41.9 Å². The first-order valence-electron chi connectivity index (χ1n) is 10.3. The van der Waals surface area contributed by atoms with Gasteiger partial charge in [0.2, 0.25) is 0 Å². The minimum absolute atomic E-state index is 0.0502. The monoisotopic (exact) mass is 448 g/mol. The van der Waals surface area contributed by atoms with Crippen LogP contribution in [0.25, 0.3) is 33.4 Å². The van der Waals surface area contributed by atoms with Crippen molar-refractivity contribution in [2.24, 2.45) is 5.92 Å². The number of H-pyrrole nitrogens is 1. The number of nitrogens with one attached hydrogen (secondary N) is 2. The zero-order chi connectivity index (χ0) is 22.2. The number of benzene rings is 2. The summed E-state index contributed by atoms with van der Waals surface area (Å²) in [5.41, 5.74) is 9.53. The first-order valence-corrected chi connectivity index (χ1v) is 10.7. The molecule has 1 amide bonds. The number of nitrogens with zero attached hydrogens (tertiary/aromatic N) is 3. The van der Waals surface area contributed by atoms with Crippen LogP contribution in [0.1, 0.15) is 23.3 Å². The van der Waals surface area contributed by atoms with Gasteiger partial charge in [0.05, 0.1) is 34.2 Å². The maximum absolute atomic E-state index is 12.9. The zero-order valence-electron chi connectivity index (χ0n) is 17.0. The fourth-order valence-electron chi connectivity index (χ4n) is 3.95. The summed E-state index contributed by atoms with van der Waals surface area (Å²) in [6, 6.07) is 13.2. The van der Waals surface area contributed by atoms with Crippen LogP contribution >= 0.6 is 11.6 Å². The van der Waals surface area contributed by atoms with Gasteiger partial charge < -0.3 is 16.2 Å². The quantitative estimate of drug-likeness (QED) is 0.370. The number of fused-ring (bicyclic) bond motifs is 1. The third kappa shape index (κ3) is 3.79. The van der Waals surface area contributed by atoms with E-state index in [2.05, 4.69) is 25.5 Å². The molecule has 0 aliphatic heterocycles. The van der Waals surface area contributed by atoms with Crippen LogP contribution in [0.15, 0.2) is 48.7 Å². The number of nitrogens with two attached hydrogens (primary N) is 1. The Morgan fingerprint density at radius 3 is 2.66 bits per heavy atom. The van der Waals surface area contributed by atoms with E-state index in [1.54, 1.807) is 12.3 Å². The number of rotatable bonds is 5. The SMILES string of the molecule is Nc1nc(-c2ccccc2)c(-c2cc(Cl)c3[nH]ncc3c2)nc1C(=O)NCC1CC(O)C1. The van der Waals surface area contributed by atoms with Gasteiger partial charge in [0, 0.05) is 23.1 Å². The van der Waals surface area contributed by atoms with Crippen LogP contribution < -0.4 is 11.1 Å². The average molecular weight is 449 g/mol. The molecule has 32 heavy (non-hydrogen) atoms. The number of carbonyl (C=O) groups excluding carboxylic acids is 1. The zero-order valence-corrected chi connectivity index (χ0v) is 17.8. The highest BCUT2D eigenvalue weighted by molar-refractivity contribution is 6.35. The average Bonchev–Trinajstić information content (AvgIpc) is 3.25. The summed E-state index contributed by atoms with van der Waals surface area (Å²) in [7, 11) is 0. The van der Waals surface area contributed by atoms with Crippen LogP contribution in [0.5, 0.6) is 0 Å². The van der Waals surface area contributed by atoms with Crippen LogP contribution in [0.4, 0.5) is 5.82 Å². The van der Waals surface area contributed by atoms with Gasteiger partial charge in [-0.15, -0.1) is 0 Å². The predicted octanol–water partition coefficient (Wildman–Crippen LogP) is 3.42. The van der Waals surface area contributed by atoms with E-state index in [0.717, 1.165) is 16.5 Å². The van der Waals surface area contributed by atoms with Gasteiger partial charge in [-0.2, -0.15) is 5.10 Å². The molecule has 0 spiro atoms. The Balaban J connectivity index is 1.58. The van der Waals surface area contributed by atoms with Crippen molar-refractivity contribution in [3.8, 4) is 22.5 Å². The van der Waals surface area contributed by atoms with Crippen LogP contribution in [0.2, 0.25) is 5.02 Å². The normalized spacial score (nSPS) is 17.8. The minimum Gasteiger partial charge on any atom is -0.393 e. The van der Waals surface area contributed by atoms with Gasteiger partial charge in [-0.25, -0.2) is 9.97 Å². The number of anilines is 1. The highest BCUT2D eigenvalue weighted by Gasteiger charge is 2.28. The van der Waals surface area contributed by atoms with Crippen molar-refractivity contribution < 1.29 is 9.90 Å². The number of aromatic nitrogens is 4. The maximum Gasteiger partial charge on any atom is 0.273 e. The van der Waals surface area contributed by atoms with Gasteiger partial charge >= 0.3 is 0 Å². The van der Waals surface area contributed by atoms with E-state index >= 15 is 0 Å². The van der Waals surface area contributed by atoms with Gasteiger partial charge in [-0.05, 0) is 30.9 Å². The van der Waals surface area contributed by atoms with Crippen molar-refractivity contribution in [1.82, 2.24) is 25.5 Å². The molecule has 1 saturated carbocycles. The summed E-state index contributed by atoms with van der Waals surface area (Å²) in [6.45, 7) is 0.458. The fraction of sp³-hybridized carbons (Fsp3) is 0.217. The molecule has 2 aromatic heterocycles. The van der Waals surface area contributed by atoms with E-state index in [4.69, 9.17) is 17.3 Å². The van der Waals surface area contributed by atoms with Crippen LogP contribution in [0.3, 0.4) is 0 Å². The second-order valence-electron chi connectivity index (χ2n) is 8.01. The number of hydrogen-bond donors (Lipinski definition) is 4. The highest BCUT2D eigenvalue weighted by atomic mass is 35.5. The molecule has 0 bridgehead atoms. The van der Waals surface area contributed by atoms with Crippen molar-refractivity contribution in [3.63, 3.8) is 0 Å². The summed E-state index contributed by atoms with van der Waals surface area (Å²) in [5, 5.41) is 20.5. The molecule has 1 fully saturated rings. The summed E-state index contributed by atoms with van der Waals surface area (Å²) in [5.74, 6) is -0.0875. The number of aromatic amines is 1. The topological polar surface area (TPSA) is 130 Å². The van der Waals surface area contributed by atoms with Gasteiger partial charge in [0.1, 0.15) is 0 Å². The fourth-order valence-corrected chi connectivity index (χ4v) is 4.22. The number of hydrogen-bond acceptors (Lipinski definition) is 6. The molecule has 0 unspecified atom stereocenters. The lowest BCUT2D eigenvalue weighted by atomic mass is 9.82. The van der Waals surface area contributed by atoms with Crippen molar-refractivity contribution in [2.45, 2.75) is 18.9 Å². The van der Waals surface area contributed by atoms with Crippen molar-refractivity contribution in [1.29, 1.82) is 0 Å². The van der Waals surface area contributed by atoms with Crippen LogP contribution in [0, 0.1) is 5.92 Å². The van der Waals surface area contributed by atoms with E-state index in [1.807, 2.05) is 36.4 Å². The number of aliphatic hydroxyl groups excluding tert-OH is 1. The summed E-state index contributed by atoms with van der Waals surface area (Å²) >= 11 is 6.46. The lowest BCUT2D eigenvalue weighted by Crippen LogP contribution is -2.38. The lowest BCUT2D eigenvalue weighted by molar-refractivity contribution is 0.0420. The van der Waals surface area contributed by atoms with E-state index in [1.165, 1.54) is 0 Å². The van der Waals surface area contributed by atoms with Gasteiger partial charge in [0.25, 0.3) is 5.91 Å². The van der Waals surface area contributed by atoms with Crippen molar-refractivity contribution >= 4 is 34.2 Å². The van der Waals surface area contributed by atoms with E-state index in [0.29, 0.717) is 41.4 Å². The molecular formula is C23H21ClN6O2. The Hall–Kier alpha value is -3.49. The standard InChI is InChI=1S/C23H21ClN6O2/c24-17-9-14(8-15-11-27-30-18(15)17)20-19(13-4-2-1-3-5-13)29-22(25)21(28-20)23(32)26-10-12-6-16(31)7-12/h1-5,8-9,11-12,16,31H,6-7,10H2,(H2,25,29)(H,26,32)(H,27,30). The Morgan fingerprint density at radius 2 is 1.91 bits per heavy atom. The van der Waals surface area contributed by atoms with Crippen LogP contribution in [-0.4, -0.2) is 43.8 Å². The third-order valence-electron chi connectivity index (χ3n) is 5.72. The maximum atomic E-state index is 12.9. The number of halogens is 1. The third-order valence-corrected chi connectivity index (χ3v) is 6.02. The summed E-state index contributed by atoms with van der Waals surface area (Å²) < 4.78 is 0. The second-order valence-corrected chi connectivity index (χ2v) is 8.42. The molecule has 8 nitrogen and oxygen atoms in total. The largest absolute Gasteiger partial charge is 0.393 e. The molecule has 162 valence electrons. The molecule has 0 radical (unpaired) electrons. The minimum atomic E-state index is -0.396. The molecule has 0 saturated heterocycles. The van der Waals surface area contributed by atoms with Gasteiger partial charge in [-0.3, -0.25) is 9.89 Å². The molecule has 0 atom stereocenters. The first kappa shape index (κ1) is 20.4. The Labute approximate surface area is 188 Å². The highest BCUT2D eigenvalue weighted by Crippen LogP contribution is 2.35. The number of carbonyl (C=O) groups is 1. The summed E-state index contributed by atoms with van der Waals surface area (Å²) in [6.07, 6.45) is 2.77. The number of nitrogen functional groups attached to an aromatic ring is 1. The Kier molecular flexibility index (Phi) is 5.24. The molecule has 2 aromatic carbocycles. The van der Waals surface area contributed by atoms with Crippen LogP contribution in [-0.2, 0) is 0 Å². The van der Waals surface area contributed by atoms with Crippen molar-refractivity contribution in [3.05, 3.63) is 59.4 Å². The molecule has 5 N–H and O–H groups in total. The molecule has 5 rings (SSSR count). The number of amides is 1. The lowest BCUT2D eigenvalue weighted by Gasteiger charge is -2.31. The first-order chi connectivity index (χ1) is 15.5. The van der Waals surface area contributed by atoms with Crippen molar-refractivity contribution in [2.75, 3.05) is 12.3 Å². The molecule has 1 aliphatic rings. The van der Waals surface area contributed by atoms with E-state index in [-0.39, 0.29) is 23.5 Å². The second kappa shape index (κ2) is 8.22. The van der Waals surface area contributed by atoms with E-state index in [9.17, 15) is 9.90 Å². The molecule has 1 aliphatic carbocycles.